The molecule has 29 heavy (non-hydrogen) atoms. The Balaban J connectivity index is 1.43. The van der Waals surface area contributed by atoms with Gasteiger partial charge in [0.1, 0.15) is 5.56 Å². The highest BCUT2D eigenvalue weighted by atomic mass is 35.5. The Labute approximate surface area is 173 Å². The van der Waals surface area contributed by atoms with Crippen LogP contribution in [-0.4, -0.2) is 56.2 Å². The van der Waals surface area contributed by atoms with Crippen molar-refractivity contribution < 1.29 is 9.72 Å². The van der Waals surface area contributed by atoms with Crippen molar-refractivity contribution in [2.75, 3.05) is 26.2 Å². The number of rotatable bonds is 4. The average molecular weight is 434 g/mol. The molecule has 3 aromatic rings. The molecule has 150 valence electrons. The van der Waals surface area contributed by atoms with Crippen LogP contribution in [0.1, 0.15) is 16.1 Å². The van der Waals surface area contributed by atoms with Gasteiger partial charge in [0.15, 0.2) is 4.96 Å². The molecule has 9 nitrogen and oxygen atoms in total. The number of fused-ring (bicyclic) bond motifs is 1. The molecular weight excluding hydrogens is 418 g/mol. The molecule has 2 aromatic heterocycles. The number of thiazole rings is 1. The van der Waals surface area contributed by atoms with Gasteiger partial charge in [-0.05, 0) is 12.1 Å². The van der Waals surface area contributed by atoms with Gasteiger partial charge in [0.2, 0.25) is 0 Å². The largest absolute Gasteiger partial charge is 0.336 e. The lowest BCUT2D eigenvalue weighted by Gasteiger charge is -2.34. The first-order valence-corrected chi connectivity index (χ1v) is 10.1. The molecule has 0 aliphatic carbocycles. The van der Waals surface area contributed by atoms with Gasteiger partial charge in [0, 0.05) is 61.5 Å². The summed E-state index contributed by atoms with van der Waals surface area (Å²) in [5, 5.41) is 13.3. The Kier molecular flexibility index (Phi) is 5.31. The topological polar surface area (TPSA) is 101 Å². The SMILES string of the molecule is O=C(c1ccc(Cl)cc1[N+](=O)[O-])N1CCN(Cc2cc(=O)n3ccsc3n2)CC1. The zero-order valence-electron chi connectivity index (χ0n) is 15.2. The molecular formula is C18H16ClN5O4S. The molecule has 1 aliphatic heterocycles. The van der Waals surface area contributed by atoms with Crippen LogP contribution in [0.4, 0.5) is 5.69 Å². The second-order valence-electron chi connectivity index (χ2n) is 6.63. The van der Waals surface area contributed by atoms with Crippen LogP contribution in [0.25, 0.3) is 4.96 Å². The summed E-state index contributed by atoms with van der Waals surface area (Å²) in [6, 6.07) is 5.58. The van der Waals surface area contributed by atoms with Crippen molar-refractivity contribution >= 4 is 39.5 Å². The second kappa shape index (κ2) is 7.90. The van der Waals surface area contributed by atoms with Gasteiger partial charge in [-0.3, -0.25) is 29.0 Å². The number of nitro benzene ring substituents is 1. The molecule has 1 saturated heterocycles. The maximum absolute atomic E-state index is 12.8. The van der Waals surface area contributed by atoms with Crippen LogP contribution in [0.5, 0.6) is 0 Å². The Morgan fingerprint density at radius 2 is 2.00 bits per heavy atom. The van der Waals surface area contributed by atoms with Gasteiger partial charge < -0.3 is 4.90 Å². The van der Waals surface area contributed by atoms with Crippen LogP contribution in [0.3, 0.4) is 0 Å². The van der Waals surface area contributed by atoms with Crippen molar-refractivity contribution in [1.82, 2.24) is 19.2 Å². The van der Waals surface area contributed by atoms with Crippen molar-refractivity contribution in [1.29, 1.82) is 0 Å². The van der Waals surface area contributed by atoms with E-state index in [2.05, 4.69) is 9.88 Å². The molecule has 1 fully saturated rings. The van der Waals surface area contributed by atoms with Crippen molar-refractivity contribution in [3.05, 3.63) is 72.6 Å². The first-order valence-electron chi connectivity index (χ1n) is 8.84. The van der Waals surface area contributed by atoms with Crippen molar-refractivity contribution in [2.24, 2.45) is 0 Å². The minimum absolute atomic E-state index is 0.0330. The summed E-state index contributed by atoms with van der Waals surface area (Å²) in [7, 11) is 0. The van der Waals surface area contributed by atoms with Crippen LogP contribution in [0.2, 0.25) is 5.02 Å². The smallest absolute Gasteiger partial charge is 0.283 e. The number of hydrogen-bond donors (Lipinski definition) is 0. The van der Waals surface area contributed by atoms with E-state index in [0.717, 1.165) is 0 Å². The maximum Gasteiger partial charge on any atom is 0.283 e. The second-order valence-corrected chi connectivity index (χ2v) is 7.94. The fraction of sp³-hybridized carbons (Fsp3) is 0.278. The predicted octanol–water partition coefficient (Wildman–Crippen LogP) is 2.28. The van der Waals surface area contributed by atoms with E-state index in [-0.39, 0.29) is 27.7 Å². The van der Waals surface area contributed by atoms with Crippen molar-refractivity contribution in [2.45, 2.75) is 6.54 Å². The van der Waals surface area contributed by atoms with E-state index in [4.69, 9.17) is 11.6 Å². The van der Waals surface area contributed by atoms with E-state index in [1.807, 2.05) is 5.38 Å². The Morgan fingerprint density at radius 1 is 1.24 bits per heavy atom. The normalized spacial score (nSPS) is 15.0. The summed E-state index contributed by atoms with van der Waals surface area (Å²) in [4.78, 5) is 44.4. The molecule has 0 unspecified atom stereocenters. The molecule has 1 aliphatic rings. The molecule has 3 heterocycles. The summed E-state index contributed by atoms with van der Waals surface area (Å²) < 4.78 is 1.50. The average Bonchev–Trinajstić information content (AvgIpc) is 3.17. The fourth-order valence-corrected chi connectivity index (χ4v) is 4.22. The fourth-order valence-electron chi connectivity index (χ4n) is 3.31. The van der Waals surface area contributed by atoms with E-state index in [1.54, 1.807) is 11.1 Å². The van der Waals surface area contributed by atoms with Gasteiger partial charge in [0.25, 0.3) is 17.2 Å². The van der Waals surface area contributed by atoms with Gasteiger partial charge in [-0.25, -0.2) is 4.98 Å². The van der Waals surface area contributed by atoms with Crippen LogP contribution in [-0.2, 0) is 6.54 Å². The summed E-state index contributed by atoms with van der Waals surface area (Å²) in [6.07, 6.45) is 1.69. The number of benzene rings is 1. The molecule has 1 aromatic carbocycles. The number of piperazine rings is 1. The Bertz CT molecular complexity index is 1150. The minimum Gasteiger partial charge on any atom is -0.336 e. The van der Waals surface area contributed by atoms with Crippen LogP contribution < -0.4 is 5.56 Å². The number of carbonyl (C=O) groups excluding carboxylic acids is 1. The minimum atomic E-state index is -0.597. The first kappa shape index (κ1) is 19.5. The number of aromatic nitrogens is 2. The lowest BCUT2D eigenvalue weighted by atomic mass is 10.1. The number of amides is 1. The molecule has 0 radical (unpaired) electrons. The van der Waals surface area contributed by atoms with Gasteiger partial charge >= 0.3 is 0 Å². The molecule has 4 rings (SSSR count). The van der Waals surface area contributed by atoms with Gasteiger partial charge in [0.05, 0.1) is 10.6 Å². The summed E-state index contributed by atoms with van der Waals surface area (Å²) in [5.74, 6) is -0.385. The molecule has 0 saturated carbocycles. The third-order valence-corrected chi connectivity index (χ3v) is 5.78. The number of nitrogens with zero attached hydrogens (tertiary/aromatic N) is 5. The monoisotopic (exact) mass is 433 g/mol. The highest BCUT2D eigenvalue weighted by Gasteiger charge is 2.28. The first-order chi connectivity index (χ1) is 13.9. The molecule has 1 amide bonds. The standard InChI is InChI=1S/C18H16ClN5O4S/c19-12-1-2-14(15(9-12)24(27)28)17(26)22-5-3-21(4-6-22)11-13-10-16(25)23-7-8-29-18(23)20-13/h1-2,7-10H,3-6,11H2. The number of hydrogen-bond acceptors (Lipinski definition) is 7. The zero-order chi connectivity index (χ0) is 20.5. The van der Waals surface area contributed by atoms with E-state index in [9.17, 15) is 19.7 Å². The van der Waals surface area contributed by atoms with Gasteiger partial charge in [-0.1, -0.05) is 11.6 Å². The van der Waals surface area contributed by atoms with E-state index >= 15 is 0 Å². The van der Waals surface area contributed by atoms with Gasteiger partial charge in [-0.15, -0.1) is 11.3 Å². The lowest BCUT2D eigenvalue weighted by molar-refractivity contribution is -0.385. The molecule has 0 atom stereocenters. The summed E-state index contributed by atoms with van der Waals surface area (Å²) in [6.45, 7) is 2.53. The molecule has 11 heteroatoms. The summed E-state index contributed by atoms with van der Waals surface area (Å²) >= 11 is 7.22. The van der Waals surface area contributed by atoms with Crippen molar-refractivity contribution in [3.63, 3.8) is 0 Å². The van der Waals surface area contributed by atoms with Crippen molar-refractivity contribution in [3.8, 4) is 0 Å². The molecule has 0 N–H and O–H groups in total. The zero-order valence-corrected chi connectivity index (χ0v) is 16.7. The Hall–Kier alpha value is -2.82. The maximum atomic E-state index is 12.8. The predicted molar refractivity (Wildman–Crippen MR) is 109 cm³/mol. The van der Waals surface area contributed by atoms with E-state index < -0.39 is 4.92 Å². The lowest BCUT2D eigenvalue weighted by Crippen LogP contribution is -2.48. The number of halogens is 1. The summed E-state index contributed by atoms with van der Waals surface area (Å²) in [5.41, 5.74) is 0.310. The highest BCUT2D eigenvalue weighted by Crippen LogP contribution is 2.25. The van der Waals surface area contributed by atoms with Crippen LogP contribution >= 0.6 is 22.9 Å². The molecule has 0 bridgehead atoms. The quantitative estimate of drug-likeness (QED) is 0.462. The Morgan fingerprint density at radius 3 is 2.72 bits per heavy atom. The molecule has 0 spiro atoms. The van der Waals surface area contributed by atoms with Gasteiger partial charge in [-0.2, -0.15) is 0 Å². The highest BCUT2D eigenvalue weighted by molar-refractivity contribution is 7.15. The third-order valence-electron chi connectivity index (χ3n) is 4.79. The number of nitro groups is 1. The third kappa shape index (κ3) is 4.00. The number of carbonyl (C=O) groups is 1. The van der Waals surface area contributed by atoms with E-state index in [0.29, 0.717) is 43.4 Å². The van der Waals surface area contributed by atoms with Crippen LogP contribution in [0.15, 0.2) is 40.6 Å². The van der Waals surface area contributed by atoms with E-state index in [1.165, 1.54) is 40.0 Å². The van der Waals surface area contributed by atoms with Crippen LogP contribution in [0, 0.1) is 10.1 Å².